The van der Waals surface area contributed by atoms with Crippen molar-refractivity contribution in [3.05, 3.63) is 0 Å². The van der Waals surface area contributed by atoms with Crippen molar-refractivity contribution < 1.29 is 4.74 Å². The van der Waals surface area contributed by atoms with Gasteiger partial charge in [-0.25, -0.2) is 0 Å². The molecule has 2 saturated heterocycles. The highest BCUT2D eigenvalue weighted by molar-refractivity contribution is 5.08. The van der Waals surface area contributed by atoms with E-state index in [1.165, 1.54) is 148 Å². The van der Waals surface area contributed by atoms with Crippen molar-refractivity contribution in [3.8, 4) is 0 Å². The smallest absolute Gasteiger partial charge is 0.0644 e. The van der Waals surface area contributed by atoms with Crippen LogP contribution >= 0.6 is 0 Å². The van der Waals surface area contributed by atoms with Crippen molar-refractivity contribution >= 4 is 0 Å². The first-order valence-corrected chi connectivity index (χ1v) is 21.5. The van der Waals surface area contributed by atoms with Gasteiger partial charge in [0.25, 0.3) is 0 Å². The Balaban J connectivity index is 0.992. The highest BCUT2D eigenvalue weighted by Crippen LogP contribution is 2.59. The zero-order valence-electron chi connectivity index (χ0n) is 29.0. The summed E-state index contributed by atoms with van der Waals surface area (Å²) in [7, 11) is 0. The van der Waals surface area contributed by atoms with Gasteiger partial charge >= 0.3 is 0 Å². The van der Waals surface area contributed by atoms with Gasteiger partial charge in [0.15, 0.2) is 0 Å². The fourth-order valence-electron chi connectivity index (χ4n) is 14.8. The standard InChI is InChI=1S/C42H70N2O/c1-3-12-28(13-4-1)34-21-22-35(40-36-24-31-17-9-10-18-32(31)25-39(36)45-41(34)40)38-26-37(43-42(44-38)29-14-5-2-6-15-29)33-20-19-27-11-7-8-16-30(27)23-33/h27-44H,1-26H2. The summed E-state index contributed by atoms with van der Waals surface area (Å²) in [6, 6.07) is 1.48. The van der Waals surface area contributed by atoms with Gasteiger partial charge < -0.3 is 4.74 Å². The monoisotopic (exact) mass is 619 g/mol. The van der Waals surface area contributed by atoms with Crippen LogP contribution in [0.1, 0.15) is 167 Å². The van der Waals surface area contributed by atoms with Crippen molar-refractivity contribution in [2.75, 3.05) is 0 Å². The second kappa shape index (κ2) is 13.7. The Morgan fingerprint density at radius 3 is 1.67 bits per heavy atom. The Morgan fingerprint density at radius 2 is 0.911 bits per heavy atom. The van der Waals surface area contributed by atoms with Crippen molar-refractivity contribution in [1.82, 2.24) is 10.6 Å². The van der Waals surface area contributed by atoms with Crippen LogP contribution in [0.4, 0.5) is 0 Å². The minimum absolute atomic E-state index is 0.569. The highest BCUT2D eigenvalue weighted by atomic mass is 16.5. The molecule has 9 fully saturated rings. The first-order chi connectivity index (χ1) is 22.3. The summed E-state index contributed by atoms with van der Waals surface area (Å²) in [5.74, 6) is 10.3. The fraction of sp³-hybridized carbons (Fsp3) is 1.00. The van der Waals surface area contributed by atoms with Crippen molar-refractivity contribution in [2.45, 2.75) is 197 Å². The summed E-state index contributed by atoms with van der Waals surface area (Å²) in [6.45, 7) is 0. The summed E-state index contributed by atoms with van der Waals surface area (Å²) >= 11 is 0. The number of ether oxygens (including phenoxy) is 1. The Morgan fingerprint density at radius 1 is 0.356 bits per heavy atom. The largest absolute Gasteiger partial charge is 0.374 e. The van der Waals surface area contributed by atoms with Crippen LogP contribution in [-0.2, 0) is 4.74 Å². The van der Waals surface area contributed by atoms with Gasteiger partial charge in [0.2, 0.25) is 0 Å². The highest BCUT2D eigenvalue weighted by Gasteiger charge is 2.58. The number of rotatable bonds is 4. The third-order valence-corrected chi connectivity index (χ3v) is 16.9. The molecule has 0 aromatic carbocycles. The third-order valence-electron chi connectivity index (χ3n) is 16.9. The van der Waals surface area contributed by atoms with Crippen molar-refractivity contribution in [1.29, 1.82) is 0 Å². The van der Waals surface area contributed by atoms with Crippen LogP contribution in [0.25, 0.3) is 0 Å². The average molecular weight is 619 g/mol. The molecule has 45 heavy (non-hydrogen) atoms. The van der Waals surface area contributed by atoms with Gasteiger partial charge in [-0.2, -0.15) is 0 Å². The molecule has 3 nitrogen and oxygen atoms in total. The van der Waals surface area contributed by atoms with E-state index in [9.17, 15) is 0 Å². The molecule has 2 aliphatic heterocycles. The van der Waals surface area contributed by atoms with Crippen LogP contribution in [0, 0.1) is 65.1 Å². The summed E-state index contributed by atoms with van der Waals surface area (Å²) in [5.41, 5.74) is 0. The summed E-state index contributed by atoms with van der Waals surface area (Å²) in [5, 5.41) is 8.94. The van der Waals surface area contributed by atoms with Gasteiger partial charge in [-0.1, -0.05) is 103 Å². The second-order valence-corrected chi connectivity index (χ2v) is 19.0. The van der Waals surface area contributed by atoms with Crippen LogP contribution in [-0.4, -0.2) is 30.5 Å². The SMILES string of the molecule is C1CCC(C2NC(C3CCC4CCCCC4C3)CC(C3CCC(C4CCCCC4)C4OC5CC6CCCCC6CC5C34)N2)CC1. The molecule has 0 aromatic heterocycles. The lowest BCUT2D eigenvalue weighted by atomic mass is 9.56. The van der Waals surface area contributed by atoms with E-state index in [0.717, 1.165) is 77.2 Å². The molecule has 9 rings (SSSR count). The lowest BCUT2D eigenvalue weighted by molar-refractivity contribution is -0.0722. The van der Waals surface area contributed by atoms with Crippen molar-refractivity contribution in [2.24, 2.45) is 65.1 Å². The quantitative estimate of drug-likeness (QED) is 0.329. The predicted molar refractivity (Wildman–Crippen MR) is 185 cm³/mol. The normalized spacial score (nSPS) is 51.5. The molecule has 0 aromatic rings. The molecule has 0 bridgehead atoms. The Kier molecular flexibility index (Phi) is 9.37. The molecule has 0 spiro atoms. The molecule has 9 aliphatic rings. The molecular formula is C42H70N2O. The van der Waals surface area contributed by atoms with Gasteiger partial charge in [0, 0.05) is 12.1 Å². The molecule has 7 saturated carbocycles. The lowest BCUT2D eigenvalue weighted by Crippen LogP contribution is -2.66. The zero-order chi connectivity index (χ0) is 29.7. The van der Waals surface area contributed by atoms with E-state index in [0.29, 0.717) is 18.4 Å². The molecule has 0 radical (unpaired) electrons. The summed E-state index contributed by atoms with van der Waals surface area (Å²) in [6.07, 6.45) is 40.6. The second-order valence-electron chi connectivity index (χ2n) is 19.0. The number of nitrogens with one attached hydrogen (secondary N) is 2. The van der Waals surface area contributed by atoms with E-state index in [-0.39, 0.29) is 0 Å². The molecule has 2 heterocycles. The molecular weight excluding hydrogens is 548 g/mol. The lowest BCUT2D eigenvalue weighted by Gasteiger charge is -2.53. The zero-order valence-corrected chi connectivity index (χ0v) is 29.0. The van der Waals surface area contributed by atoms with Gasteiger partial charge in [-0.15, -0.1) is 0 Å². The molecule has 254 valence electrons. The van der Waals surface area contributed by atoms with Gasteiger partial charge in [-0.3, -0.25) is 10.6 Å². The van der Waals surface area contributed by atoms with Gasteiger partial charge in [0.05, 0.1) is 18.4 Å². The molecule has 0 amide bonds. The Hall–Kier alpha value is -0.120. The van der Waals surface area contributed by atoms with E-state index < -0.39 is 0 Å². The third kappa shape index (κ3) is 6.15. The minimum Gasteiger partial charge on any atom is -0.374 e. The maximum absolute atomic E-state index is 7.51. The predicted octanol–water partition coefficient (Wildman–Crippen LogP) is 10.0. The molecule has 2 N–H and O–H groups in total. The Labute approximate surface area is 277 Å². The van der Waals surface area contributed by atoms with Crippen molar-refractivity contribution in [3.63, 3.8) is 0 Å². The minimum atomic E-state index is 0.569. The number of hydrogen-bond donors (Lipinski definition) is 2. The van der Waals surface area contributed by atoms with E-state index >= 15 is 0 Å². The van der Waals surface area contributed by atoms with E-state index in [2.05, 4.69) is 10.6 Å². The van der Waals surface area contributed by atoms with Gasteiger partial charge in [-0.05, 0) is 129 Å². The van der Waals surface area contributed by atoms with Crippen LogP contribution in [0.2, 0.25) is 0 Å². The summed E-state index contributed by atoms with van der Waals surface area (Å²) < 4.78 is 7.51. The molecule has 14 atom stereocenters. The van der Waals surface area contributed by atoms with Crippen LogP contribution in [0.3, 0.4) is 0 Å². The van der Waals surface area contributed by atoms with E-state index in [1.54, 1.807) is 19.3 Å². The first-order valence-electron chi connectivity index (χ1n) is 21.5. The average Bonchev–Trinajstić information content (AvgIpc) is 3.49. The molecule has 14 unspecified atom stereocenters. The summed E-state index contributed by atoms with van der Waals surface area (Å²) in [4.78, 5) is 0. The van der Waals surface area contributed by atoms with Crippen LogP contribution in [0.15, 0.2) is 0 Å². The topological polar surface area (TPSA) is 33.3 Å². The van der Waals surface area contributed by atoms with Gasteiger partial charge in [0.1, 0.15) is 0 Å². The number of hydrogen-bond acceptors (Lipinski definition) is 3. The molecule has 7 aliphatic carbocycles. The van der Waals surface area contributed by atoms with Crippen LogP contribution < -0.4 is 10.6 Å². The fourth-order valence-corrected chi connectivity index (χ4v) is 14.8. The van der Waals surface area contributed by atoms with Crippen LogP contribution in [0.5, 0.6) is 0 Å². The maximum atomic E-state index is 7.51. The molecule has 3 heteroatoms. The number of fused-ring (bicyclic) bond motifs is 5. The van der Waals surface area contributed by atoms with E-state index in [4.69, 9.17) is 4.74 Å². The Bertz CT molecular complexity index is 972. The van der Waals surface area contributed by atoms with E-state index in [1.807, 2.05) is 0 Å². The maximum Gasteiger partial charge on any atom is 0.0644 e. The first kappa shape index (κ1) is 30.9.